The Bertz CT molecular complexity index is 640. The maximum atomic E-state index is 12.3. The fourth-order valence-corrected chi connectivity index (χ4v) is 5.63. The van der Waals surface area contributed by atoms with Gasteiger partial charge in [-0.15, -0.1) is 11.3 Å². The third kappa shape index (κ3) is 3.13. The van der Waals surface area contributed by atoms with E-state index in [2.05, 4.69) is 9.62 Å². The summed E-state index contributed by atoms with van der Waals surface area (Å²) in [5.41, 5.74) is 0.0194. The minimum Gasteiger partial charge on any atom is -0.478 e. The van der Waals surface area contributed by atoms with Crippen LogP contribution in [0.1, 0.15) is 36.0 Å². The Morgan fingerprint density at radius 2 is 2.19 bits per heavy atom. The minimum atomic E-state index is -3.61. The molecule has 116 valence electrons. The van der Waals surface area contributed by atoms with E-state index in [0.29, 0.717) is 6.04 Å². The zero-order valence-electron chi connectivity index (χ0n) is 11.5. The molecule has 3 rings (SSSR count). The molecule has 0 saturated carbocycles. The van der Waals surface area contributed by atoms with E-state index in [4.69, 9.17) is 5.11 Å². The number of carboxylic acid groups (broad SMARTS) is 1. The van der Waals surface area contributed by atoms with Crippen molar-refractivity contribution in [3.05, 3.63) is 17.0 Å². The number of aromatic carboxylic acids is 1. The maximum absolute atomic E-state index is 12.3. The standard InChI is InChI=1S/C13H18N2O4S2/c16-13(17)9-6-12(20-8-9)21(18,19)14-10-3-5-15-4-1-2-11(15)7-10/h6,8,10-11,14H,1-5,7H2,(H,16,17). The van der Waals surface area contributed by atoms with Gasteiger partial charge in [0.2, 0.25) is 10.0 Å². The number of thiophene rings is 1. The van der Waals surface area contributed by atoms with Crippen molar-refractivity contribution in [2.45, 2.75) is 42.0 Å². The number of carboxylic acids is 1. The number of hydrogen-bond donors (Lipinski definition) is 2. The lowest BCUT2D eigenvalue weighted by Gasteiger charge is -2.34. The molecular formula is C13H18N2O4S2. The minimum absolute atomic E-state index is 0.0194. The molecule has 21 heavy (non-hydrogen) atoms. The first kappa shape index (κ1) is 15.0. The summed E-state index contributed by atoms with van der Waals surface area (Å²) in [4.78, 5) is 13.3. The molecule has 2 aliphatic heterocycles. The van der Waals surface area contributed by atoms with Crippen LogP contribution in [-0.4, -0.2) is 49.6 Å². The molecule has 2 N–H and O–H groups in total. The van der Waals surface area contributed by atoms with Crippen LogP contribution < -0.4 is 4.72 Å². The van der Waals surface area contributed by atoms with E-state index in [-0.39, 0.29) is 15.8 Å². The Morgan fingerprint density at radius 3 is 2.90 bits per heavy atom. The lowest BCUT2D eigenvalue weighted by atomic mass is 9.99. The van der Waals surface area contributed by atoms with Crippen LogP contribution in [0.3, 0.4) is 0 Å². The SMILES string of the molecule is O=C(O)c1csc(S(=O)(=O)NC2CCN3CCCC3C2)c1. The van der Waals surface area contributed by atoms with E-state index < -0.39 is 16.0 Å². The van der Waals surface area contributed by atoms with Crippen LogP contribution in [0.4, 0.5) is 0 Å². The third-order valence-electron chi connectivity index (χ3n) is 4.23. The van der Waals surface area contributed by atoms with Crippen LogP contribution in [0.5, 0.6) is 0 Å². The molecule has 2 saturated heterocycles. The highest BCUT2D eigenvalue weighted by Crippen LogP contribution is 2.28. The molecule has 6 nitrogen and oxygen atoms in total. The van der Waals surface area contributed by atoms with Gasteiger partial charge in [-0.1, -0.05) is 0 Å². The van der Waals surface area contributed by atoms with Crippen LogP contribution >= 0.6 is 11.3 Å². The van der Waals surface area contributed by atoms with E-state index in [1.54, 1.807) is 0 Å². The Balaban J connectivity index is 1.69. The number of sulfonamides is 1. The summed E-state index contributed by atoms with van der Waals surface area (Å²) in [6.45, 7) is 2.06. The molecule has 2 fully saturated rings. The lowest BCUT2D eigenvalue weighted by molar-refractivity contribution is 0.0697. The molecule has 2 aliphatic rings. The zero-order valence-corrected chi connectivity index (χ0v) is 13.1. The summed E-state index contributed by atoms with van der Waals surface area (Å²) < 4.78 is 27.5. The van der Waals surface area contributed by atoms with E-state index >= 15 is 0 Å². The molecule has 0 radical (unpaired) electrons. The van der Waals surface area contributed by atoms with Crippen LogP contribution in [0, 0.1) is 0 Å². The Labute approximate surface area is 127 Å². The van der Waals surface area contributed by atoms with Crippen molar-refractivity contribution in [3.63, 3.8) is 0 Å². The summed E-state index contributed by atoms with van der Waals surface area (Å²) in [6, 6.07) is 1.66. The van der Waals surface area contributed by atoms with Gasteiger partial charge >= 0.3 is 5.97 Å². The highest BCUT2D eigenvalue weighted by molar-refractivity contribution is 7.91. The summed E-state index contributed by atoms with van der Waals surface area (Å²) in [6.07, 6.45) is 3.99. The summed E-state index contributed by atoms with van der Waals surface area (Å²) in [5, 5.41) is 10.2. The van der Waals surface area contributed by atoms with E-state index in [9.17, 15) is 13.2 Å². The van der Waals surface area contributed by atoms with Gasteiger partial charge in [0.05, 0.1) is 5.56 Å². The molecule has 0 spiro atoms. The van der Waals surface area contributed by atoms with E-state index in [0.717, 1.165) is 43.7 Å². The van der Waals surface area contributed by atoms with Crippen molar-refractivity contribution in [2.24, 2.45) is 0 Å². The predicted octanol–water partition coefficient (Wildman–Crippen LogP) is 1.35. The highest BCUT2D eigenvalue weighted by Gasteiger charge is 2.34. The smallest absolute Gasteiger partial charge is 0.336 e. The number of nitrogens with one attached hydrogen (secondary N) is 1. The van der Waals surface area contributed by atoms with Gasteiger partial charge in [-0.2, -0.15) is 0 Å². The number of rotatable bonds is 4. The number of carbonyl (C=O) groups is 1. The molecule has 2 unspecified atom stereocenters. The molecular weight excluding hydrogens is 312 g/mol. The number of piperidine rings is 1. The second kappa shape index (κ2) is 5.68. The van der Waals surface area contributed by atoms with Crippen molar-refractivity contribution < 1.29 is 18.3 Å². The third-order valence-corrected chi connectivity index (χ3v) is 7.19. The normalized spacial score (nSPS) is 26.7. The van der Waals surface area contributed by atoms with Gasteiger partial charge in [-0.25, -0.2) is 17.9 Å². The van der Waals surface area contributed by atoms with Gasteiger partial charge in [-0.3, -0.25) is 0 Å². The monoisotopic (exact) mass is 330 g/mol. The van der Waals surface area contributed by atoms with Crippen molar-refractivity contribution in [1.82, 2.24) is 9.62 Å². The van der Waals surface area contributed by atoms with Gasteiger partial charge in [0, 0.05) is 17.5 Å². The average molecular weight is 330 g/mol. The topological polar surface area (TPSA) is 86.7 Å². The van der Waals surface area contributed by atoms with Gasteiger partial charge in [-0.05, 0) is 44.8 Å². The van der Waals surface area contributed by atoms with Crippen LogP contribution in [0.2, 0.25) is 0 Å². The van der Waals surface area contributed by atoms with Crippen molar-refractivity contribution >= 4 is 27.3 Å². The molecule has 0 bridgehead atoms. The van der Waals surface area contributed by atoms with Gasteiger partial charge < -0.3 is 10.0 Å². The number of fused-ring (bicyclic) bond motifs is 1. The fourth-order valence-electron chi connectivity index (χ4n) is 3.18. The van der Waals surface area contributed by atoms with Crippen LogP contribution in [0.25, 0.3) is 0 Å². The average Bonchev–Trinajstić information content (AvgIpc) is 3.07. The molecule has 8 heteroatoms. The number of nitrogens with zero attached hydrogens (tertiary/aromatic N) is 1. The van der Waals surface area contributed by atoms with Gasteiger partial charge in [0.1, 0.15) is 4.21 Å². The van der Waals surface area contributed by atoms with Gasteiger partial charge in [0.15, 0.2) is 0 Å². The maximum Gasteiger partial charge on any atom is 0.336 e. The summed E-state index contributed by atoms with van der Waals surface area (Å²) in [5.74, 6) is -1.10. The van der Waals surface area contributed by atoms with Crippen LogP contribution in [0.15, 0.2) is 15.7 Å². The molecule has 1 aromatic heterocycles. The quantitative estimate of drug-likeness (QED) is 0.870. The number of hydrogen-bond acceptors (Lipinski definition) is 5. The lowest BCUT2D eigenvalue weighted by Crippen LogP contribution is -2.47. The fraction of sp³-hybridized carbons (Fsp3) is 0.615. The Morgan fingerprint density at radius 1 is 1.38 bits per heavy atom. The van der Waals surface area contributed by atoms with Gasteiger partial charge in [0.25, 0.3) is 0 Å². The molecule has 2 atom stereocenters. The molecule has 0 aromatic carbocycles. The molecule has 0 amide bonds. The summed E-state index contributed by atoms with van der Waals surface area (Å²) >= 11 is 0.951. The van der Waals surface area contributed by atoms with Crippen molar-refractivity contribution in [3.8, 4) is 0 Å². The predicted molar refractivity (Wildman–Crippen MR) is 79.2 cm³/mol. The first-order valence-electron chi connectivity index (χ1n) is 7.04. The Hall–Kier alpha value is -0.960. The summed E-state index contributed by atoms with van der Waals surface area (Å²) in [7, 11) is -3.61. The largest absolute Gasteiger partial charge is 0.478 e. The van der Waals surface area contributed by atoms with Crippen molar-refractivity contribution in [2.75, 3.05) is 13.1 Å². The van der Waals surface area contributed by atoms with E-state index in [1.807, 2.05) is 0 Å². The second-order valence-corrected chi connectivity index (χ2v) is 8.49. The first-order chi connectivity index (χ1) is 9.95. The first-order valence-corrected chi connectivity index (χ1v) is 9.40. The molecule has 0 aliphatic carbocycles. The highest BCUT2D eigenvalue weighted by atomic mass is 32.2. The molecule has 1 aromatic rings. The molecule has 3 heterocycles. The van der Waals surface area contributed by atoms with Crippen LogP contribution in [-0.2, 0) is 10.0 Å². The van der Waals surface area contributed by atoms with Crippen molar-refractivity contribution in [1.29, 1.82) is 0 Å². The Kier molecular flexibility index (Phi) is 4.04. The van der Waals surface area contributed by atoms with E-state index in [1.165, 1.54) is 17.9 Å². The zero-order chi connectivity index (χ0) is 15.0. The second-order valence-electron chi connectivity index (χ2n) is 5.63.